The lowest BCUT2D eigenvalue weighted by Crippen LogP contribution is -2.37. The Balaban J connectivity index is 1.55. The summed E-state index contributed by atoms with van der Waals surface area (Å²) in [6.45, 7) is 1.99. The van der Waals surface area contributed by atoms with Gasteiger partial charge in [0.25, 0.3) is 5.91 Å². The van der Waals surface area contributed by atoms with Crippen LogP contribution in [0.2, 0.25) is 0 Å². The number of amides is 4. The third-order valence-electron chi connectivity index (χ3n) is 5.95. The van der Waals surface area contributed by atoms with Crippen LogP contribution in [0.15, 0.2) is 72.8 Å². The molecule has 1 fully saturated rings. The molecule has 38 heavy (non-hydrogen) atoms. The third kappa shape index (κ3) is 5.80. The van der Waals surface area contributed by atoms with Crippen LogP contribution in [0.1, 0.15) is 29.3 Å². The van der Waals surface area contributed by atoms with E-state index in [0.29, 0.717) is 22.6 Å². The highest BCUT2D eigenvalue weighted by molar-refractivity contribution is 6.22. The van der Waals surface area contributed by atoms with Gasteiger partial charge in [-0.25, -0.2) is 18.9 Å². The fourth-order valence-corrected chi connectivity index (χ4v) is 4.10. The zero-order valence-corrected chi connectivity index (χ0v) is 20.8. The first-order valence-electron chi connectivity index (χ1n) is 11.9. The van der Waals surface area contributed by atoms with E-state index in [0.717, 1.165) is 17.0 Å². The van der Waals surface area contributed by atoms with E-state index in [1.165, 1.54) is 36.3 Å². The molecule has 0 aliphatic carbocycles. The van der Waals surface area contributed by atoms with Crippen molar-refractivity contribution >= 4 is 35.2 Å². The Morgan fingerprint density at radius 3 is 2.37 bits per heavy atom. The second-order valence-corrected chi connectivity index (χ2v) is 8.48. The number of nitrogens with one attached hydrogen (secondary N) is 1. The number of ether oxygens (including phenoxy) is 2. The number of urea groups is 1. The van der Waals surface area contributed by atoms with E-state index in [2.05, 4.69) is 5.32 Å². The fraction of sp³-hybridized carbons (Fsp3) is 0.214. The van der Waals surface area contributed by atoms with E-state index in [-0.39, 0.29) is 25.3 Å². The molecule has 1 atom stereocenters. The zero-order chi connectivity index (χ0) is 27.2. The highest BCUT2D eigenvalue weighted by atomic mass is 19.1. The monoisotopic (exact) mass is 519 g/mol. The van der Waals surface area contributed by atoms with Crippen LogP contribution >= 0.6 is 0 Å². The summed E-state index contributed by atoms with van der Waals surface area (Å²) >= 11 is 0. The molecular weight excluding hydrogens is 493 g/mol. The molecule has 1 N–H and O–H groups in total. The van der Waals surface area contributed by atoms with Gasteiger partial charge in [-0.2, -0.15) is 0 Å². The van der Waals surface area contributed by atoms with Crippen LogP contribution in [0.4, 0.5) is 20.6 Å². The first-order chi connectivity index (χ1) is 18.3. The summed E-state index contributed by atoms with van der Waals surface area (Å²) in [6, 6.07) is 16.4. The number of esters is 1. The number of carbonyl (C=O) groups excluding carboxylic acids is 4. The number of rotatable bonds is 9. The molecule has 0 spiro atoms. The summed E-state index contributed by atoms with van der Waals surface area (Å²) in [7, 11) is 1.52. The van der Waals surface area contributed by atoms with Crippen LogP contribution in [-0.2, 0) is 20.9 Å². The molecule has 1 aliphatic rings. The van der Waals surface area contributed by atoms with Crippen LogP contribution in [0.5, 0.6) is 5.75 Å². The molecule has 0 saturated carbocycles. The number of hydrogen-bond acceptors (Lipinski definition) is 6. The topological polar surface area (TPSA) is 105 Å². The maximum Gasteiger partial charge on any atom is 0.338 e. The van der Waals surface area contributed by atoms with Crippen molar-refractivity contribution in [1.82, 2.24) is 4.90 Å². The zero-order valence-electron chi connectivity index (χ0n) is 20.8. The Morgan fingerprint density at radius 1 is 1.00 bits per heavy atom. The summed E-state index contributed by atoms with van der Waals surface area (Å²) < 4.78 is 23.7. The van der Waals surface area contributed by atoms with Gasteiger partial charge in [0.15, 0.2) is 0 Å². The third-order valence-corrected chi connectivity index (χ3v) is 5.95. The Bertz CT molecular complexity index is 1340. The molecular formula is C28H26FN3O6. The lowest BCUT2D eigenvalue weighted by molar-refractivity contribution is -0.124. The smallest absolute Gasteiger partial charge is 0.338 e. The summed E-state index contributed by atoms with van der Waals surface area (Å²) in [4.78, 5) is 53.9. The molecule has 0 unspecified atom stereocenters. The largest absolute Gasteiger partial charge is 0.497 e. The van der Waals surface area contributed by atoms with Gasteiger partial charge in [-0.05, 0) is 73.2 Å². The molecule has 1 saturated heterocycles. The van der Waals surface area contributed by atoms with E-state index in [1.54, 1.807) is 43.3 Å². The van der Waals surface area contributed by atoms with Crippen molar-refractivity contribution in [2.24, 2.45) is 0 Å². The van der Waals surface area contributed by atoms with Gasteiger partial charge in [-0.15, -0.1) is 0 Å². The summed E-state index contributed by atoms with van der Waals surface area (Å²) in [5.74, 6) is -1.51. The number of carbonyl (C=O) groups is 4. The number of hydrogen-bond donors (Lipinski definition) is 1. The van der Waals surface area contributed by atoms with Crippen molar-refractivity contribution in [3.05, 3.63) is 89.7 Å². The van der Waals surface area contributed by atoms with Crippen LogP contribution in [0, 0.1) is 5.82 Å². The Labute approximate surface area is 218 Å². The van der Waals surface area contributed by atoms with Gasteiger partial charge in [-0.3, -0.25) is 9.59 Å². The average Bonchev–Trinajstić information content (AvgIpc) is 3.13. The van der Waals surface area contributed by atoms with Crippen molar-refractivity contribution in [2.75, 3.05) is 23.9 Å². The number of anilines is 2. The standard InChI is InChI=1S/C28H26FN3O6/c1-3-38-27(35)19-7-11-21(12-8-19)30-25(33)16-24-26(34)32(22-13-9-20(29)10-14-22)28(36)31(24)17-18-5-4-6-23(15-18)37-2/h4-15,24H,3,16-17H2,1-2H3,(H,30,33)/t24-/m1/s1. The van der Waals surface area contributed by atoms with Crippen molar-refractivity contribution in [3.63, 3.8) is 0 Å². The van der Waals surface area contributed by atoms with E-state index < -0.39 is 35.7 Å². The van der Waals surface area contributed by atoms with Gasteiger partial charge >= 0.3 is 12.0 Å². The van der Waals surface area contributed by atoms with Gasteiger partial charge < -0.3 is 19.7 Å². The van der Waals surface area contributed by atoms with Crippen molar-refractivity contribution < 1.29 is 33.0 Å². The maximum absolute atomic E-state index is 13.5. The van der Waals surface area contributed by atoms with E-state index in [1.807, 2.05) is 0 Å². The molecule has 1 aliphatic heterocycles. The van der Waals surface area contributed by atoms with Gasteiger partial charge in [0.1, 0.15) is 17.6 Å². The van der Waals surface area contributed by atoms with Crippen LogP contribution in [-0.4, -0.2) is 48.5 Å². The number of benzene rings is 3. The molecule has 1 heterocycles. The lowest BCUT2D eigenvalue weighted by Gasteiger charge is -2.22. The summed E-state index contributed by atoms with van der Waals surface area (Å²) in [5.41, 5.74) is 1.65. The molecule has 0 radical (unpaired) electrons. The highest BCUT2D eigenvalue weighted by Crippen LogP contribution is 2.29. The Hall–Kier alpha value is -4.73. The first kappa shape index (κ1) is 26.3. The summed E-state index contributed by atoms with van der Waals surface area (Å²) in [6.07, 6.45) is -0.314. The quantitative estimate of drug-likeness (QED) is 0.332. The minimum atomic E-state index is -1.10. The molecule has 0 aromatic heterocycles. The van der Waals surface area contributed by atoms with Gasteiger partial charge in [-0.1, -0.05) is 12.1 Å². The normalized spacial score (nSPS) is 15.0. The molecule has 0 bridgehead atoms. The second-order valence-electron chi connectivity index (χ2n) is 8.48. The van der Waals surface area contributed by atoms with E-state index >= 15 is 0 Å². The van der Waals surface area contributed by atoms with Crippen molar-refractivity contribution in [1.29, 1.82) is 0 Å². The van der Waals surface area contributed by atoms with Gasteiger partial charge in [0.05, 0.1) is 31.4 Å². The average molecular weight is 520 g/mol. The minimum absolute atomic E-state index is 0.0473. The maximum atomic E-state index is 13.5. The number of nitrogens with zero attached hydrogens (tertiary/aromatic N) is 2. The van der Waals surface area contributed by atoms with Crippen LogP contribution < -0.4 is 15.0 Å². The molecule has 4 amide bonds. The molecule has 4 rings (SSSR count). The molecule has 9 nitrogen and oxygen atoms in total. The predicted octanol–water partition coefficient (Wildman–Crippen LogP) is 4.38. The Morgan fingerprint density at radius 2 is 1.71 bits per heavy atom. The van der Waals surface area contributed by atoms with Crippen molar-refractivity contribution in [3.8, 4) is 5.75 Å². The predicted molar refractivity (Wildman–Crippen MR) is 137 cm³/mol. The second kappa shape index (κ2) is 11.5. The fourth-order valence-electron chi connectivity index (χ4n) is 4.10. The number of methoxy groups -OCH3 is 1. The van der Waals surface area contributed by atoms with E-state index in [4.69, 9.17) is 9.47 Å². The minimum Gasteiger partial charge on any atom is -0.497 e. The van der Waals surface area contributed by atoms with Crippen LogP contribution in [0.25, 0.3) is 0 Å². The molecule has 3 aromatic carbocycles. The van der Waals surface area contributed by atoms with Gasteiger partial charge in [0.2, 0.25) is 5.91 Å². The number of halogens is 1. The van der Waals surface area contributed by atoms with Gasteiger partial charge in [0, 0.05) is 12.2 Å². The summed E-state index contributed by atoms with van der Waals surface area (Å²) in [5, 5.41) is 2.70. The first-order valence-corrected chi connectivity index (χ1v) is 11.9. The molecule has 3 aromatic rings. The highest BCUT2D eigenvalue weighted by Gasteiger charge is 2.46. The lowest BCUT2D eigenvalue weighted by atomic mass is 10.1. The Kier molecular flexibility index (Phi) is 8.00. The van der Waals surface area contributed by atoms with E-state index in [9.17, 15) is 23.6 Å². The molecule has 10 heteroatoms. The van der Waals surface area contributed by atoms with Crippen molar-refractivity contribution in [2.45, 2.75) is 25.9 Å². The van der Waals surface area contributed by atoms with Crippen LogP contribution in [0.3, 0.4) is 0 Å². The number of imide groups is 1. The molecule has 196 valence electrons. The SMILES string of the molecule is CCOC(=O)c1ccc(NC(=O)C[C@@H]2C(=O)N(c3ccc(F)cc3)C(=O)N2Cc2cccc(OC)c2)cc1.